The van der Waals surface area contributed by atoms with Gasteiger partial charge in [0.05, 0.1) is 8.07 Å². The lowest BCUT2D eigenvalue weighted by atomic mass is 10.4. The molecule has 0 aromatic heterocycles. The number of benzene rings is 1. The van der Waals surface area contributed by atoms with Gasteiger partial charge in [-0.25, -0.2) is 0 Å². The standard InChI is InChI=1S/C16H29NSi3/c1-14(18(2,3)4)13-17-19(5,6)15-11-9-10-12-16(15)20(17,7)8/h9-13H,1-8H3/b14-13+. The highest BCUT2D eigenvalue weighted by atomic mass is 28.4. The molecule has 0 unspecified atom stereocenters. The van der Waals surface area contributed by atoms with E-state index in [-0.39, 0.29) is 0 Å². The largest absolute Gasteiger partial charge is 0.424 e. The maximum atomic E-state index is 2.85. The molecule has 0 spiro atoms. The second-order valence-electron chi connectivity index (χ2n) is 8.10. The molecule has 20 heavy (non-hydrogen) atoms. The molecule has 0 amide bonds. The van der Waals surface area contributed by atoms with Crippen molar-refractivity contribution < 1.29 is 0 Å². The molecule has 0 bridgehead atoms. The lowest BCUT2D eigenvalue weighted by molar-refractivity contribution is 0.855. The summed E-state index contributed by atoms with van der Waals surface area (Å²) in [5.74, 6) is 0. The van der Waals surface area contributed by atoms with Crippen LogP contribution in [0.2, 0.25) is 45.8 Å². The lowest BCUT2D eigenvalue weighted by Crippen LogP contribution is -2.57. The molecule has 0 aliphatic carbocycles. The third-order valence-electron chi connectivity index (χ3n) is 4.96. The summed E-state index contributed by atoms with van der Waals surface area (Å²) in [6, 6.07) is 9.20. The van der Waals surface area contributed by atoms with Gasteiger partial charge in [0.2, 0.25) is 0 Å². The number of rotatable bonds is 2. The molecule has 4 heteroatoms. The van der Waals surface area contributed by atoms with Crippen LogP contribution in [0, 0.1) is 0 Å². The van der Waals surface area contributed by atoms with Crippen molar-refractivity contribution in [2.24, 2.45) is 0 Å². The minimum Gasteiger partial charge on any atom is -0.424 e. The monoisotopic (exact) mass is 319 g/mol. The second kappa shape index (κ2) is 4.71. The minimum absolute atomic E-state index is 1.19. The van der Waals surface area contributed by atoms with Gasteiger partial charge in [-0.3, -0.25) is 0 Å². The van der Waals surface area contributed by atoms with Crippen LogP contribution in [0.5, 0.6) is 0 Å². The van der Waals surface area contributed by atoms with Gasteiger partial charge in [0.25, 0.3) is 0 Å². The van der Waals surface area contributed by atoms with Crippen molar-refractivity contribution in [1.29, 1.82) is 0 Å². The van der Waals surface area contributed by atoms with E-state index in [4.69, 9.17) is 0 Å². The summed E-state index contributed by atoms with van der Waals surface area (Å²) in [6.45, 7) is 19.8. The highest BCUT2D eigenvalue weighted by Gasteiger charge is 2.50. The predicted molar refractivity (Wildman–Crippen MR) is 99.6 cm³/mol. The summed E-state index contributed by atoms with van der Waals surface area (Å²) in [5, 5.41) is 4.96. The summed E-state index contributed by atoms with van der Waals surface area (Å²) < 4.78 is 2.85. The highest BCUT2D eigenvalue weighted by molar-refractivity contribution is 7.10. The number of hydrogen-bond donors (Lipinski definition) is 0. The summed E-state index contributed by atoms with van der Waals surface area (Å²) >= 11 is 0. The number of hydrogen-bond acceptors (Lipinski definition) is 1. The third-order valence-corrected chi connectivity index (χ3v) is 17.2. The highest BCUT2D eigenvalue weighted by Crippen LogP contribution is 2.28. The Bertz CT molecular complexity index is 518. The van der Waals surface area contributed by atoms with Gasteiger partial charge in [-0.1, -0.05) is 49.1 Å². The number of fused-ring (bicyclic) bond motifs is 1. The van der Waals surface area contributed by atoms with Crippen LogP contribution in [0.1, 0.15) is 6.92 Å². The van der Waals surface area contributed by atoms with E-state index in [1.807, 2.05) is 0 Å². The zero-order valence-corrected chi connectivity index (χ0v) is 17.3. The molecule has 1 aromatic rings. The number of allylic oxidation sites excluding steroid dienone is 1. The summed E-state index contributed by atoms with van der Waals surface area (Å²) in [7, 11) is -4.25. The zero-order chi connectivity index (χ0) is 15.3. The van der Waals surface area contributed by atoms with Crippen molar-refractivity contribution in [2.45, 2.75) is 52.8 Å². The fourth-order valence-corrected chi connectivity index (χ4v) is 16.2. The van der Waals surface area contributed by atoms with Crippen LogP contribution in [0.4, 0.5) is 0 Å². The molecule has 1 heterocycles. The molecule has 0 atom stereocenters. The van der Waals surface area contributed by atoms with Crippen LogP contribution in [0.3, 0.4) is 0 Å². The molecule has 1 aliphatic heterocycles. The van der Waals surface area contributed by atoms with E-state index in [9.17, 15) is 0 Å². The van der Waals surface area contributed by atoms with Crippen molar-refractivity contribution in [1.82, 2.24) is 4.23 Å². The molecule has 2 rings (SSSR count). The Morgan fingerprint density at radius 2 is 1.35 bits per heavy atom. The zero-order valence-electron chi connectivity index (χ0n) is 14.3. The first-order chi connectivity index (χ1) is 8.99. The Kier molecular flexibility index (Phi) is 3.72. The van der Waals surface area contributed by atoms with Crippen LogP contribution < -0.4 is 10.4 Å². The van der Waals surface area contributed by atoms with Crippen molar-refractivity contribution in [2.75, 3.05) is 0 Å². The lowest BCUT2D eigenvalue weighted by Gasteiger charge is -2.40. The molecular formula is C16H29NSi3. The van der Waals surface area contributed by atoms with Crippen LogP contribution in [-0.2, 0) is 0 Å². The molecule has 0 fully saturated rings. The van der Waals surface area contributed by atoms with Gasteiger partial charge in [-0.15, -0.1) is 0 Å². The van der Waals surface area contributed by atoms with Gasteiger partial charge < -0.3 is 4.23 Å². The first-order valence-corrected chi connectivity index (χ1v) is 17.0. The summed E-state index contributed by atoms with van der Waals surface area (Å²) in [6.07, 6.45) is 2.56. The first kappa shape index (κ1) is 15.8. The van der Waals surface area contributed by atoms with Crippen molar-refractivity contribution >= 4 is 34.9 Å². The van der Waals surface area contributed by atoms with Crippen molar-refractivity contribution in [3.8, 4) is 0 Å². The van der Waals surface area contributed by atoms with Crippen molar-refractivity contribution in [3.63, 3.8) is 0 Å². The van der Waals surface area contributed by atoms with Crippen LogP contribution in [-0.4, -0.2) is 28.8 Å². The maximum Gasteiger partial charge on any atom is 0.173 e. The molecule has 0 N–H and O–H groups in total. The molecule has 0 saturated heterocycles. The fraction of sp³-hybridized carbons (Fsp3) is 0.500. The summed E-state index contributed by atoms with van der Waals surface area (Å²) in [4.78, 5) is 0. The average Bonchev–Trinajstić information content (AvgIpc) is 2.47. The topological polar surface area (TPSA) is 3.24 Å². The van der Waals surface area contributed by atoms with Gasteiger partial charge in [0.15, 0.2) is 16.5 Å². The fourth-order valence-electron chi connectivity index (χ4n) is 3.22. The van der Waals surface area contributed by atoms with Crippen LogP contribution in [0.15, 0.2) is 35.7 Å². The predicted octanol–water partition coefficient (Wildman–Crippen LogP) is 3.61. The van der Waals surface area contributed by atoms with Gasteiger partial charge in [0, 0.05) is 0 Å². The third kappa shape index (κ3) is 2.38. The Hall–Kier alpha value is -0.589. The van der Waals surface area contributed by atoms with E-state index in [2.05, 4.69) is 87.4 Å². The first-order valence-electron chi connectivity index (χ1n) is 7.57. The Balaban J connectivity index is 2.57. The molecule has 0 radical (unpaired) electrons. The average molecular weight is 320 g/mol. The van der Waals surface area contributed by atoms with E-state index >= 15 is 0 Å². The van der Waals surface area contributed by atoms with Crippen LogP contribution in [0.25, 0.3) is 0 Å². The molecule has 1 aromatic carbocycles. The van der Waals surface area contributed by atoms with Crippen molar-refractivity contribution in [3.05, 3.63) is 35.7 Å². The van der Waals surface area contributed by atoms with Gasteiger partial charge in [-0.05, 0) is 49.7 Å². The Labute approximate surface area is 127 Å². The smallest absolute Gasteiger partial charge is 0.173 e. The van der Waals surface area contributed by atoms with E-state index in [0.29, 0.717) is 0 Å². The van der Waals surface area contributed by atoms with E-state index < -0.39 is 24.5 Å². The van der Waals surface area contributed by atoms with Gasteiger partial charge in [-0.2, -0.15) is 0 Å². The molecule has 1 aliphatic rings. The van der Waals surface area contributed by atoms with Gasteiger partial charge >= 0.3 is 0 Å². The Morgan fingerprint density at radius 1 is 0.950 bits per heavy atom. The molecule has 0 saturated carbocycles. The van der Waals surface area contributed by atoms with Crippen LogP contribution >= 0.6 is 0 Å². The maximum absolute atomic E-state index is 2.85. The van der Waals surface area contributed by atoms with E-state index in [1.54, 1.807) is 15.6 Å². The summed E-state index contributed by atoms with van der Waals surface area (Å²) in [5.41, 5.74) is 0. The Morgan fingerprint density at radius 3 is 1.70 bits per heavy atom. The van der Waals surface area contributed by atoms with E-state index in [0.717, 1.165) is 0 Å². The van der Waals surface area contributed by atoms with E-state index in [1.165, 1.54) is 0 Å². The van der Waals surface area contributed by atoms with Gasteiger partial charge in [0.1, 0.15) is 0 Å². The second-order valence-corrected chi connectivity index (χ2v) is 22.1. The quantitative estimate of drug-likeness (QED) is 0.753. The number of nitrogens with zero attached hydrogens (tertiary/aromatic N) is 1. The SMILES string of the molecule is C/C(=C\N1[Si](C)(C)c2ccccc2[Si]1(C)C)[Si](C)(C)C. The molecular weight excluding hydrogens is 290 g/mol. The molecule has 110 valence electrons. The minimum atomic E-state index is -1.53. The molecule has 1 nitrogen and oxygen atoms in total. The normalized spacial score (nSPS) is 21.0.